The maximum atomic E-state index is 12.8. The summed E-state index contributed by atoms with van der Waals surface area (Å²) in [5.74, 6) is 0.0181. The fourth-order valence-electron chi connectivity index (χ4n) is 3.58. The Morgan fingerprint density at radius 1 is 1.03 bits per heavy atom. The number of amides is 2. The van der Waals surface area contributed by atoms with Gasteiger partial charge < -0.3 is 19.7 Å². The summed E-state index contributed by atoms with van der Waals surface area (Å²) < 4.78 is 10.7. The van der Waals surface area contributed by atoms with Crippen LogP contribution < -0.4 is 14.8 Å². The Hall–Kier alpha value is -3.61. The second kappa shape index (κ2) is 7.79. The van der Waals surface area contributed by atoms with Gasteiger partial charge in [-0.3, -0.25) is 14.6 Å². The molecule has 2 amide bonds. The molecule has 0 unspecified atom stereocenters. The highest BCUT2D eigenvalue weighted by molar-refractivity contribution is 6.40. The minimum atomic E-state index is -0.674. The van der Waals surface area contributed by atoms with Gasteiger partial charge in [-0.15, -0.1) is 0 Å². The predicted molar refractivity (Wildman–Crippen MR) is 109 cm³/mol. The average Bonchev–Trinajstić information content (AvgIpc) is 2.77. The highest BCUT2D eigenvalue weighted by Gasteiger charge is 2.27. The van der Waals surface area contributed by atoms with Crippen LogP contribution in [0.2, 0.25) is 0 Å². The molecule has 1 aromatic heterocycles. The predicted octanol–water partition coefficient (Wildman–Crippen LogP) is 2.78. The van der Waals surface area contributed by atoms with Crippen molar-refractivity contribution in [2.45, 2.75) is 13.0 Å². The molecule has 1 aliphatic heterocycles. The first kappa shape index (κ1) is 18.7. The van der Waals surface area contributed by atoms with Crippen LogP contribution in [0.3, 0.4) is 0 Å². The number of anilines is 1. The van der Waals surface area contributed by atoms with E-state index < -0.39 is 11.8 Å². The van der Waals surface area contributed by atoms with Crippen molar-refractivity contribution in [2.24, 2.45) is 0 Å². The minimum absolute atomic E-state index is 0.343. The largest absolute Gasteiger partial charge is 0.493 e. The molecule has 1 aliphatic rings. The number of para-hydroxylation sites is 1. The lowest BCUT2D eigenvalue weighted by Gasteiger charge is -2.29. The fraction of sp³-hybridized carbons (Fsp3) is 0.227. The van der Waals surface area contributed by atoms with Gasteiger partial charge in [-0.2, -0.15) is 0 Å². The Morgan fingerprint density at radius 2 is 1.76 bits per heavy atom. The van der Waals surface area contributed by atoms with E-state index in [0.29, 0.717) is 42.2 Å². The van der Waals surface area contributed by atoms with Crippen LogP contribution in [0.4, 0.5) is 5.69 Å². The van der Waals surface area contributed by atoms with Crippen molar-refractivity contribution in [2.75, 3.05) is 26.1 Å². The van der Waals surface area contributed by atoms with Crippen molar-refractivity contribution in [1.29, 1.82) is 0 Å². The maximum absolute atomic E-state index is 12.8. The third-order valence-electron chi connectivity index (χ3n) is 5.08. The van der Waals surface area contributed by atoms with Crippen LogP contribution in [0.25, 0.3) is 10.9 Å². The summed E-state index contributed by atoms with van der Waals surface area (Å²) in [7, 11) is 3.16. The topological polar surface area (TPSA) is 80.8 Å². The number of benzene rings is 2. The molecule has 0 spiro atoms. The molecule has 148 valence electrons. The van der Waals surface area contributed by atoms with Crippen LogP contribution in [-0.4, -0.2) is 42.5 Å². The van der Waals surface area contributed by atoms with E-state index in [1.54, 1.807) is 31.4 Å². The molecule has 0 saturated carbocycles. The SMILES string of the molecule is COc1cc2c(cc1OC)CN(C(=O)C(=O)Nc1cccc3cccnc13)CC2. The highest BCUT2D eigenvalue weighted by atomic mass is 16.5. The van der Waals surface area contributed by atoms with Crippen LogP contribution in [0.5, 0.6) is 11.5 Å². The lowest BCUT2D eigenvalue weighted by atomic mass is 9.98. The van der Waals surface area contributed by atoms with E-state index in [0.717, 1.165) is 16.5 Å². The molecule has 0 atom stereocenters. The molecule has 0 fully saturated rings. The summed E-state index contributed by atoms with van der Waals surface area (Å²) in [6, 6.07) is 13.0. The molecule has 0 aliphatic carbocycles. The van der Waals surface area contributed by atoms with Crippen molar-refractivity contribution in [1.82, 2.24) is 9.88 Å². The molecule has 1 N–H and O–H groups in total. The van der Waals surface area contributed by atoms with Crippen LogP contribution in [0.1, 0.15) is 11.1 Å². The van der Waals surface area contributed by atoms with Crippen LogP contribution >= 0.6 is 0 Å². The lowest BCUT2D eigenvalue weighted by molar-refractivity contribution is -0.143. The molecule has 7 heteroatoms. The first-order valence-electron chi connectivity index (χ1n) is 9.28. The minimum Gasteiger partial charge on any atom is -0.493 e. The first-order chi connectivity index (χ1) is 14.1. The standard InChI is InChI=1S/C22H21N3O4/c1-28-18-11-15-8-10-25(13-16(15)12-19(18)29-2)22(27)21(26)24-17-7-3-5-14-6-4-9-23-20(14)17/h3-7,9,11-12H,8,10,13H2,1-2H3,(H,24,26). The van der Waals surface area contributed by atoms with Crippen LogP contribution in [-0.2, 0) is 22.6 Å². The Labute approximate surface area is 168 Å². The summed E-state index contributed by atoms with van der Waals surface area (Å²) in [5, 5.41) is 3.60. The smallest absolute Gasteiger partial charge is 0.313 e. The number of fused-ring (bicyclic) bond motifs is 2. The molecule has 2 heterocycles. The number of ether oxygens (including phenoxy) is 2. The van der Waals surface area contributed by atoms with E-state index >= 15 is 0 Å². The summed E-state index contributed by atoms with van der Waals surface area (Å²) in [5.41, 5.74) is 3.20. The quantitative estimate of drug-likeness (QED) is 0.695. The fourth-order valence-corrected chi connectivity index (χ4v) is 3.58. The summed E-state index contributed by atoms with van der Waals surface area (Å²) in [6.45, 7) is 0.804. The van der Waals surface area contributed by atoms with Crippen molar-refractivity contribution in [3.05, 3.63) is 59.8 Å². The van der Waals surface area contributed by atoms with Gasteiger partial charge in [0.05, 0.1) is 25.4 Å². The molecule has 0 bridgehead atoms. The van der Waals surface area contributed by atoms with E-state index in [4.69, 9.17) is 9.47 Å². The van der Waals surface area contributed by atoms with Crippen LogP contribution in [0, 0.1) is 0 Å². The van der Waals surface area contributed by atoms with E-state index in [2.05, 4.69) is 10.3 Å². The van der Waals surface area contributed by atoms with E-state index in [-0.39, 0.29) is 0 Å². The Kier molecular flexibility index (Phi) is 5.03. The van der Waals surface area contributed by atoms with E-state index in [9.17, 15) is 9.59 Å². The number of methoxy groups -OCH3 is 2. The second-order valence-electron chi connectivity index (χ2n) is 6.79. The van der Waals surface area contributed by atoms with Gasteiger partial charge in [0.1, 0.15) is 0 Å². The number of rotatable bonds is 3. The molecule has 4 rings (SSSR count). The summed E-state index contributed by atoms with van der Waals surface area (Å²) in [6.07, 6.45) is 2.30. The maximum Gasteiger partial charge on any atom is 0.313 e. The molecule has 0 radical (unpaired) electrons. The van der Waals surface area contributed by atoms with Crippen molar-refractivity contribution < 1.29 is 19.1 Å². The van der Waals surface area contributed by atoms with Gasteiger partial charge >= 0.3 is 11.8 Å². The molecule has 3 aromatic rings. The molecular weight excluding hydrogens is 370 g/mol. The zero-order chi connectivity index (χ0) is 20.4. The number of carbonyl (C=O) groups excluding carboxylic acids is 2. The number of nitrogens with one attached hydrogen (secondary N) is 1. The normalized spacial score (nSPS) is 13.0. The zero-order valence-corrected chi connectivity index (χ0v) is 16.3. The number of hydrogen-bond acceptors (Lipinski definition) is 5. The first-order valence-corrected chi connectivity index (χ1v) is 9.28. The number of aromatic nitrogens is 1. The second-order valence-corrected chi connectivity index (χ2v) is 6.79. The molecule has 7 nitrogen and oxygen atoms in total. The summed E-state index contributed by atoms with van der Waals surface area (Å²) in [4.78, 5) is 31.2. The Balaban J connectivity index is 1.52. The van der Waals surface area contributed by atoms with Gasteiger partial charge in [0.25, 0.3) is 0 Å². The zero-order valence-electron chi connectivity index (χ0n) is 16.3. The number of hydrogen-bond donors (Lipinski definition) is 1. The molecule has 29 heavy (non-hydrogen) atoms. The van der Waals surface area contributed by atoms with E-state index in [1.807, 2.05) is 36.4 Å². The van der Waals surface area contributed by atoms with E-state index in [1.165, 1.54) is 0 Å². The molecule has 0 saturated heterocycles. The lowest BCUT2D eigenvalue weighted by Crippen LogP contribution is -2.42. The van der Waals surface area contributed by atoms with Gasteiger partial charge in [-0.25, -0.2) is 0 Å². The van der Waals surface area contributed by atoms with Crippen molar-refractivity contribution >= 4 is 28.4 Å². The van der Waals surface area contributed by atoms with Crippen molar-refractivity contribution in [3.63, 3.8) is 0 Å². The number of nitrogens with zero attached hydrogens (tertiary/aromatic N) is 2. The van der Waals surface area contributed by atoms with Gasteiger partial charge in [0.15, 0.2) is 11.5 Å². The van der Waals surface area contributed by atoms with Crippen molar-refractivity contribution in [3.8, 4) is 11.5 Å². The third kappa shape index (κ3) is 3.59. The Morgan fingerprint density at radius 3 is 2.52 bits per heavy atom. The number of pyridine rings is 1. The monoisotopic (exact) mass is 391 g/mol. The van der Waals surface area contributed by atoms with Gasteiger partial charge in [0, 0.05) is 24.7 Å². The number of carbonyl (C=O) groups is 2. The Bertz CT molecular complexity index is 1090. The third-order valence-corrected chi connectivity index (χ3v) is 5.08. The highest BCUT2D eigenvalue weighted by Crippen LogP contribution is 2.33. The molecule has 2 aromatic carbocycles. The summed E-state index contributed by atoms with van der Waals surface area (Å²) >= 11 is 0. The van der Waals surface area contributed by atoms with Gasteiger partial charge in [-0.1, -0.05) is 18.2 Å². The molecular formula is C22H21N3O4. The average molecular weight is 391 g/mol. The van der Waals surface area contributed by atoms with Gasteiger partial charge in [0.2, 0.25) is 0 Å². The van der Waals surface area contributed by atoms with Crippen LogP contribution in [0.15, 0.2) is 48.7 Å². The van der Waals surface area contributed by atoms with Gasteiger partial charge in [-0.05, 0) is 41.8 Å².